The summed E-state index contributed by atoms with van der Waals surface area (Å²) in [5.41, 5.74) is 6.52. The highest BCUT2D eigenvalue weighted by atomic mass is 32.1. The average molecular weight is 497 g/mol. The first kappa shape index (κ1) is 23.5. The lowest BCUT2D eigenvalue weighted by Gasteiger charge is -2.29. The summed E-state index contributed by atoms with van der Waals surface area (Å²) >= 11 is 1.40. The van der Waals surface area contributed by atoms with Crippen LogP contribution in [0.2, 0.25) is 0 Å². The molecule has 0 fully saturated rings. The number of carboxylic acids is 1. The molecule has 1 amide bonds. The van der Waals surface area contributed by atoms with Crippen LogP contribution in [0.1, 0.15) is 32.1 Å². The zero-order valence-corrected chi connectivity index (χ0v) is 20.7. The molecular weight excluding hydrogens is 472 g/mol. The number of ether oxygens (including phenoxy) is 1. The molecule has 0 radical (unpaired) electrons. The fourth-order valence-electron chi connectivity index (χ4n) is 4.10. The number of amides is 1. The third-order valence-corrected chi connectivity index (χ3v) is 7.21. The molecule has 1 aliphatic rings. The van der Waals surface area contributed by atoms with E-state index in [4.69, 9.17) is 9.84 Å². The number of benzene rings is 3. The number of aromatic nitrogens is 1. The van der Waals surface area contributed by atoms with E-state index < -0.39 is 5.97 Å². The first-order chi connectivity index (χ1) is 17.4. The lowest BCUT2D eigenvalue weighted by molar-refractivity contribution is -0.131. The molecule has 180 valence electrons. The number of carbonyl (C=O) groups excluding carboxylic acids is 1. The standard InChI is InChI=1S/C29H24N2O4S/c1-18-6-9-21(10-7-18)28-30-19(2)27(36-28)29(34)31-16-24-15-23(11-12-25(24)35-17-31)22-5-3-4-20(14-22)8-13-26(32)33/h3-15H,16-17H2,1-2H3,(H,32,33)/b13-8+. The van der Waals surface area contributed by atoms with E-state index >= 15 is 0 Å². The SMILES string of the molecule is Cc1ccc(-c2nc(C)c(C(=O)N3COc4ccc(-c5cccc(/C=C/C(=O)O)c5)cc4C3)s2)cc1. The minimum absolute atomic E-state index is 0.0970. The van der Waals surface area contributed by atoms with Gasteiger partial charge < -0.3 is 14.7 Å². The Morgan fingerprint density at radius 3 is 2.53 bits per heavy atom. The largest absolute Gasteiger partial charge is 0.478 e. The fraction of sp³-hybridized carbons (Fsp3) is 0.138. The lowest BCUT2D eigenvalue weighted by Crippen LogP contribution is -2.37. The van der Waals surface area contributed by atoms with Gasteiger partial charge in [0.25, 0.3) is 5.91 Å². The zero-order valence-electron chi connectivity index (χ0n) is 19.9. The van der Waals surface area contributed by atoms with Crippen molar-refractivity contribution in [3.05, 3.63) is 100 Å². The van der Waals surface area contributed by atoms with Gasteiger partial charge in [0.1, 0.15) is 15.6 Å². The molecule has 0 bridgehead atoms. The predicted molar refractivity (Wildman–Crippen MR) is 141 cm³/mol. The number of aliphatic carboxylic acids is 1. The van der Waals surface area contributed by atoms with Gasteiger partial charge in [-0.25, -0.2) is 9.78 Å². The van der Waals surface area contributed by atoms with Crippen molar-refractivity contribution in [2.75, 3.05) is 6.73 Å². The second-order valence-corrected chi connectivity index (χ2v) is 9.69. The quantitative estimate of drug-likeness (QED) is 0.334. The molecule has 0 spiro atoms. The Labute approximate surface area is 213 Å². The predicted octanol–water partition coefficient (Wildman–Crippen LogP) is 6.18. The van der Waals surface area contributed by atoms with E-state index in [1.165, 1.54) is 16.9 Å². The van der Waals surface area contributed by atoms with E-state index in [1.54, 1.807) is 11.0 Å². The van der Waals surface area contributed by atoms with Crippen molar-refractivity contribution < 1.29 is 19.4 Å². The van der Waals surface area contributed by atoms with Crippen molar-refractivity contribution in [3.63, 3.8) is 0 Å². The number of fused-ring (bicyclic) bond motifs is 1. The molecule has 36 heavy (non-hydrogen) atoms. The Kier molecular flexibility index (Phi) is 6.40. The Morgan fingerprint density at radius 2 is 1.75 bits per heavy atom. The summed E-state index contributed by atoms with van der Waals surface area (Å²) < 4.78 is 5.92. The highest BCUT2D eigenvalue weighted by Crippen LogP contribution is 2.33. The van der Waals surface area contributed by atoms with Crippen LogP contribution in [0.25, 0.3) is 27.8 Å². The van der Waals surface area contributed by atoms with Crippen LogP contribution in [0, 0.1) is 13.8 Å². The molecule has 1 N–H and O–H groups in total. The summed E-state index contributed by atoms with van der Waals surface area (Å²) in [7, 11) is 0. The first-order valence-electron chi connectivity index (χ1n) is 11.5. The smallest absolute Gasteiger partial charge is 0.328 e. The number of carbonyl (C=O) groups is 2. The van der Waals surface area contributed by atoms with Crippen LogP contribution in [0.15, 0.2) is 72.8 Å². The molecule has 2 heterocycles. The molecule has 0 saturated carbocycles. The van der Waals surface area contributed by atoms with Crippen LogP contribution in [0.5, 0.6) is 5.75 Å². The molecule has 0 atom stereocenters. The molecular formula is C29H24N2O4S. The van der Waals surface area contributed by atoms with Gasteiger partial charge in [0, 0.05) is 17.2 Å². The van der Waals surface area contributed by atoms with E-state index in [9.17, 15) is 9.59 Å². The van der Waals surface area contributed by atoms with Crippen LogP contribution in [-0.2, 0) is 11.3 Å². The maximum absolute atomic E-state index is 13.4. The highest BCUT2D eigenvalue weighted by Gasteiger charge is 2.26. The zero-order chi connectivity index (χ0) is 25.2. The number of hydrogen-bond acceptors (Lipinski definition) is 5. The Morgan fingerprint density at radius 1 is 1.00 bits per heavy atom. The van der Waals surface area contributed by atoms with Crippen molar-refractivity contribution in [2.24, 2.45) is 0 Å². The van der Waals surface area contributed by atoms with E-state index in [0.717, 1.165) is 44.7 Å². The topological polar surface area (TPSA) is 79.7 Å². The maximum atomic E-state index is 13.4. The monoisotopic (exact) mass is 496 g/mol. The van der Waals surface area contributed by atoms with Gasteiger partial charge in [-0.15, -0.1) is 11.3 Å². The summed E-state index contributed by atoms with van der Waals surface area (Å²) in [5, 5.41) is 9.72. The number of carboxylic acid groups (broad SMARTS) is 1. The molecule has 5 rings (SSSR count). The van der Waals surface area contributed by atoms with Crippen LogP contribution in [0.4, 0.5) is 0 Å². The van der Waals surface area contributed by atoms with Crippen molar-refractivity contribution in [1.82, 2.24) is 9.88 Å². The molecule has 7 heteroatoms. The molecule has 6 nitrogen and oxygen atoms in total. The molecule has 0 saturated heterocycles. The second-order valence-electron chi connectivity index (χ2n) is 8.70. The van der Waals surface area contributed by atoms with E-state index in [0.29, 0.717) is 17.1 Å². The average Bonchev–Trinajstić information content (AvgIpc) is 3.28. The number of aryl methyl sites for hydroxylation is 2. The number of nitrogens with zero attached hydrogens (tertiary/aromatic N) is 2. The highest BCUT2D eigenvalue weighted by molar-refractivity contribution is 7.17. The van der Waals surface area contributed by atoms with Gasteiger partial charge >= 0.3 is 5.97 Å². The lowest BCUT2D eigenvalue weighted by atomic mass is 9.99. The van der Waals surface area contributed by atoms with E-state index in [-0.39, 0.29) is 12.6 Å². The van der Waals surface area contributed by atoms with Crippen LogP contribution in [0.3, 0.4) is 0 Å². The van der Waals surface area contributed by atoms with Gasteiger partial charge in [-0.05, 0) is 54.8 Å². The van der Waals surface area contributed by atoms with Gasteiger partial charge in [0.15, 0.2) is 6.73 Å². The second kappa shape index (κ2) is 9.79. The van der Waals surface area contributed by atoms with Gasteiger partial charge in [-0.3, -0.25) is 4.79 Å². The third-order valence-electron chi connectivity index (χ3n) is 6.01. The van der Waals surface area contributed by atoms with E-state index in [2.05, 4.69) is 4.98 Å². The summed E-state index contributed by atoms with van der Waals surface area (Å²) in [5.74, 6) is -0.329. The van der Waals surface area contributed by atoms with E-state index in [1.807, 2.05) is 80.6 Å². The summed E-state index contributed by atoms with van der Waals surface area (Å²) in [6, 6.07) is 21.7. The third kappa shape index (κ3) is 4.92. The van der Waals surface area contributed by atoms with Gasteiger partial charge in [-0.1, -0.05) is 54.1 Å². The minimum atomic E-state index is -0.988. The fourth-order valence-corrected chi connectivity index (χ4v) is 5.14. The number of hydrogen-bond donors (Lipinski definition) is 1. The summed E-state index contributed by atoms with van der Waals surface area (Å²) in [6.07, 6.45) is 2.69. The molecule has 3 aromatic carbocycles. The van der Waals surface area contributed by atoms with Crippen molar-refractivity contribution in [2.45, 2.75) is 20.4 Å². The molecule has 0 aliphatic carbocycles. The van der Waals surface area contributed by atoms with Gasteiger partial charge in [-0.2, -0.15) is 0 Å². The number of rotatable bonds is 5. The van der Waals surface area contributed by atoms with Crippen molar-refractivity contribution in [3.8, 4) is 27.4 Å². The van der Waals surface area contributed by atoms with Crippen LogP contribution < -0.4 is 4.74 Å². The Hall–Kier alpha value is -4.23. The Bertz CT molecular complexity index is 1490. The maximum Gasteiger partial charge on any atom is 0.328 e. The number of thiazole rings is 1. The molecule has 4 aromatic rings. The molecule has 1 aliphatic heterocycles. The summed E-state index contributed by atoms with van der Waals surface area (Å²) in [6.45, 7) is 4.51. The minimum Gasteiger partial charge on any atom is -0.478 e. The summed E-state index contributed by atoms with van der Waals surface area (Å²) in [4.78, 5) is 31.2. The molecule has 1 aromatic heterocycles. The molecule has 0 unspecified atom stereocenters. The van der Waals surface area contributed by atoms with Crippen molar-refractivity contribution >= 4 is 29.3 Å². The van der Waals surface area contributed by atoms with Gasteiger partial charge in [0.2, 0.25) is 0 Å². The normalized spacial score (nSPS) is 12.9. The van der Waals surface area contributed by atoms with Gasteiger partial charge in [0.05, 0.1) is 12.2 Å². The van der Waals surface area contributed by atoms with Crippen LogP contribution >= 0.6 is 11.3 Å². The first-order valence-corrected chi connectivity index (χ1v) is 12.3. The van der Waals surface area contributed by atoms with Crippen LogP contribution in [-0.4, -0.2) is 33.6 Å². The Balaban J connectivity index is 1.38. The van der Waals surface area contributed by atoms with Crippen molar-refractivity contribution in [1.29, 1.82) is 0 Å².